The van der Waals surface area contributed by atoms with E-state index in [0.717, 1.165) is 42.8 Å². The van der Waals surface area contributed by atoms with Crippen LogP contribution in [0.1, 0.15) is 30.1 Å². The lowest BCUT2D eigenvalue weighted by Gasteiger charge is -2.44. The smallest absolute Gasteiger partial charge is 0.306 e. The van der Waals surface area contributed by atoms with E-state index in [-0.39, 0.29) is 12.0 Å². The molecule has 1 heterocycles. The van der Waals surface area contributed by atoms with E-state index in [1.165, 1.54) is 0 Å². The number of benzene rings is 2. The zero-order chi connectivity index (χ0) is 20.4. The third kappa shape index (κ3) is 4.69. The molecule has 154 valence electrons. The second-order valence-corrected chi connectivity index (χ2v) is 8.39. The van der Waals surface area contributed by atoms with Crippen molar-refractivity contribution in [3.05, 3.63) is 63.6 Å². The van der Waals surface area contributed by atoms with Crippen molar-refractivity contribution >= 4 is 29.2 Å². The van der Waals surface area contributed by atoms with Gasteiger partial charge in [-0.25, -0.2) is 0 Å². The average Bonchev–Trinajstić information content (AvgIpc) is 2.67. The number of ether oxygens (including phenoxy) is 2. The molecule has 1 aliphatic carbocycles. The first kappa shape index (κ1) is 20.5. The fraction of sp³-hybridized carbons (Fsp3) is 0.409. The van der Waals surface area contributed by atoms with Gasteiger partial charge in [-0.3, -0.25) is 9.69 Å². The summed E-state index contributed by atoms with van der Waals surface area (Å²) in [4.78, 5) is 13.4. The van der Waals surface area contributed by atoms with Gasteiger partial charge >= 0.3 is 5.97 Å². The van der Waals surface area contributed by atoms with Crippen molar-refractivity contribution in [3.63, 3.8) is 0 Å². The van der Waals surface area contributed by atoms with Crippen molar-refractivity contribution in [2.45, 2.75) is 31.6 Å². The summed E-state index contributed by atoms with van der Waals surface area (Å²) < 4.78 is 11.8. The van der Waals surface area contributed by atoms with E-state index in [4.69, 9.17) is 37.8 Å². The zero-order valence-corrected chi connectivity index (χ0v) is 17.4. The summed E-state index contributed by atoms with van der Waals surface area (Å²) in [6, 6.07) is 13.6. The summed E-state index contributed by atoms with van der Waals surface area (Å²) in [5.74, 6) is -0.134. The van der Waals surface area contributed by atoms with E-state index in [0.29, 0.717) is 29.3 Å². The SMILES string of the molecule is O=C(O)C1CC(N2CCOC(c3ccc(OCc4c(Cl)cccc4Cl)cc3)C2)C1. The summed E-state index contributed by atoms with van der Waals surface area (Å²) in [7, 11) is 0. The molecule has 1 unspecified atom stereocenters. The van der Waals surface area contributed by atoms with Crippen LogP contribution in [0, 0.1) is 5.92 Å². The van der Waals surface area contributed by atoms with E-state index in [2.05, 4.69) is 4.90 Å². The summed E-state index contributed by atoms with van der Waals surface area (Å²) in [6.45, 7) is 2.60. The number of morpholine rings is 1. The Kier molecular flexibility index (Phi) is 6.30. The van der Waals surface area contributed by atoms with Gasteiger partial charge in [0.15, 0.2) is 0 Å². The minimum absolute atomic E-state index is 0.0142. The molecule has 29 heavy (non-hydrogen) atoms. The van der Waals surface area contributed by atoms with Gasteiger partial charge in [0.25, 0.3) is 0 Å². The van der Waals surface area contributed by atoms with Gasteiger partial charge in [0.2, 0.25) is 0 Å². The van der Waals surface area contributed by atoms with Crippen LogP contribution in [0.2, 0.25) is 10.0 Å². The van der Waals surface area contributed by atoms with E-state index in [9.17, 15) is 4.79 Å². The monoisotopic (exact) mass is 435 g/mol. The molecular weight excluding hydrogens is 413 g/mol. The molecule has 1 atom stereocenters. The van der Waals surface area contributed by atoms with Gasteiger partial charge in [-0.2, -0.15) is 0 Å². The van der Waals surface area contributed by atoms with Crippen LogP contribution in [0.4, 0.5) is 0 Å². The van der Waals surface area contributed by atoms with Crippen LogP contribution >= 0.6 is 23.2 Å². The molecule has 0 amide bonds. The number of carbonyl (C=O) groups is 1. The largest absolute Gasteiger partial charge is 0.489 e. The predicted molar refractivity (Wildman–Crippen MR) is 112 cm³/mol. The van der Waals surface area contributed by atoms with Crippen LogP contribution < -0.4 is 4.74 Å². The van der Waals surface area contributed by atoms with Crippen LogP contribution in [0.15, 0.2) is 42.5 Å². The fourth-order valence-electron chi connectivity index (χ4n) is 3.89. The van der Waals surface area contributed by atoms with Crippen molar-refractivity contribution in [1.82, 2.24) is 4.90 Å². The molecule has 4 rings (SSSR count). The first-order valence-corrected chi connectivity index (χ1v) is 10.5. The highest BCUT2D eigenvalue weighted by atomic mass is 35.5. The second kappa shape index (κ2) is 8.92. The number of carboxylic acids is 1. The summed E-state index contributed by atoms with van der Waals surface area (Å²) >= 11 is 12.4. The lowest BCUT2D eigenvalue weighted by molar-refractivity contribution is -0.148. The lowest BCUT2D eigenvalue weighted by atomic mass is 9.79. The van der Waals surface area contributed by atoms with Gasteiger partial charge < -0.3 is 14.6 Å². The molecule has 7 heteroatoms. The molecule has 1 saturated heterocycles. The Morgan fingerprint density at radius 3 is 2.48 bits per heavy atom. The molecule has 2 aliphatic rings. The summed E-state index contributed by atoms with van der Waals surface area (Å²) in [6.07, 6.45) is 1.46. The van der Waals surface area contributed by atoms with Crippen molar-refractivity contribution < 1.29 is 19.4 Å². The molecule has 1 aliphatic heterocycles. The second-order valence-electron chi connectivity index (χ2n) is 7.57. The summed E-state index contributed by atoms with van der Waals surface area (Å²) in [5, 5.41) is 10.3. The maximum atomic E-state index is 11.0. The molecule has 5 nitrogen and oxygen atoms in total. The molecule has 0 radical (unpaired) electrons. The number of hydrogen-bond donors (Lipinski definition) is 1. The highest BCUT2D eigenvalue weighted by molar-refractivity contribution is 6.35. The Bertz CT molecular complexity index is 847. The lowest BCUT2D eigenvalue weighted by Crippen LogP contribution is -2.51. The van der Waals surface area contributed by atoms with E-state index < -0.39 is 5.97 Å². The first-order chi connectivity index (χ1) is 14.0. The Morgan fingerprint density at radius 1 is 1.14 bits per heavy atom. The standard InChI is InChI=1S/C22H23Cl2NO4/c23-19-2-1-3-20(24)18(19)13-29-17-6-4-14(5-7-17)21-12-25(8-9-28-21)16-10-15(11-16)22(26)27/h1-7,15-16,21H,8-13H2,(H,26,27). The molecule has 1 saturated carbocycles. The number of halogens is 2. The average molecular weight is 436 g/mol. The third-order valence-electron chi connectivity index (χ3n) is 5.77. The van der Waals surface area contributed by atoms with E-state index >= 15 is 0 Å². The van der Waals surface area contributed by atoms with Gasteiger partial charge in [-0.05, 0) is 42.7 Å². The maximum Gasteiger partial charge on any atom is 0.306 e. The van der Waals surface area contributed by atoms with Crippen LogP contribution in [0.25, 0.3) is 0 Å². The Balaban J connectivity index is 1.33. The van der Waals surface area contributed by atoms with Crippen LogP contribution in [0.3, 0.4) is 0 Å². The van der Waals surface area contributed by atoms with Crippen molar-refractivity contribution in [3.8, 4) is 5.75 Å². The van der Waals surface area contributed by atoms with Crippen LogP contribution in [0.5, 0.6) is 5.75 Å². The van der Waals surface area contributed by atoms with Gasteiger partial charge in [0.1, 0.15) is 12.4 Å². The van der Waals surface area contributed by atoms with Crippen molar-refractivity contribution in [1.29, 1.82) is 0 Å². The quantitative estimate of drug-likeness (QED) is 0.705. The molecule has 0 spiro atoms. The van der Waals surface area contributed by atoms with Crippen LogP contribution in [-0.4, -0.2) is 41.7 Å². The number of aliphatic carboxylic acids is 1. The molecular formula is C22H23Cl2NO4. The highest BCUT2D eigenvalue weighted by Gasteiger charge is 2.39. The zero-order valence-electron chi connectivity index (χ0n) is 15.9. The molecule has 1 N–H and O–H groups in total. The minimum Gasteiger partial charge on any atom is -0.489 e. The van der Waals surface area contributed by atoms with Gasteiger partial charge in [0, 0.05) is 34.7 Å². The van der Waals surface area contributed by atoms with Gasteiger partial charge in [-0.15, -0.1) is 0 Å². The van der Waals surface area contributed by atoms with Gasteiger partial charge in [-0.1, -0.05) is 41.4 Å². The van der Waals surface area contributed by atoms with Crippen LogP contribution in [-0.2, 0) is 16.1 Å². The maximum absolute atomic E-state index is 11.0. The normalized spacial score (nSPS) is 24.7. The molecule has 2 fully saturated rings. The first-order valence-electron chi connectivity index (χ1n) is 9.75. The Morgan fingerprint density at radius 2 is 1.83 bits per heavy atom. The third-order valence-corrected chi connectivity index (χ3v) is 6.48. The van der Waals surface area contributed by atoms with E-state index in [1.807, 2.05) is 30.3 Å². The molecule has 0 bridgehead atoms. The number of rotatable bonds is 6. The predicted octanol–water partition coefficient (Wildman–Crippen LogP) is 4.81. The molecule has 2 aromatic carbocycles. The number of nitrogens with zero attached hydrogens (tertiary/aromatic N) is 1. The van der Waals surface area contributed by atoms with Gasteiger partial charge in [0.05, 0.1) is 18.6 Å². The minimum atomic E-state index is -0.681. The van der Waals surface area contributed by atoms with Crippen molar-refractivity contribution in [2.75, 3.05) is 19.7 Å². The Labute approximate surface area is 180 Å². The molecule has 0 aromatic heterocycles. The number of hydrogen-bond acceptors (Lipinski definition) is 4. The van der Waals surface area contributed by atoms with E-state index in [1.54, 1.807) is 12.1 Å². The topological polar surface area (TPSA) is 59.0 Å². The Hall–Kier alpha value is -1.79. The highest BCUT2D eigenvalue weighted by Crippen LogP contribution is 2.35. The summed E-state index contributed by atoms with van der Waals surface area (Å²) in [5.41, 5.74) is 1.86. The number of carboxylic acid groups (broad SMARTS) is 1. The molecule has 2 aromatic rings. The van der Waals surface area contributed by atoms with Crippen molar-refractivity contribution in [2.24, 2.45) is 5.92 Å². The fourth-order valence-corrected chi connectivity index (χ4v) is 4.40.